The Morgan fingerprint density at radius 2 is 2.00 bits per heavy atom. The van der Waals surface area contributed by atoms with Crippen molar-refractivity contribution in [2.45, 2.75) is 57.9 Å². The molecule has 0 aromatic carbocycles. The topological polar surface area (TPSA) is 46.2 Å². The van der Waals surface area contributed by atoms with Crippen molar-refractivity contribution in [2.24, 2.45) is 0 Å². The monoisotopic (exact) mass is 197 g/mol. The first kappa shape index (κ1) is 11.2. The first-order chi connectivity index (χ1) is 6.58. The molecule has 1 saturated carbocycles. The molecule has 0 bridgehead atoms. The van der Waals surface area contributed by atoms with Crippen molar-refractivity contribution in [3.63, 3.8) is 0 Å². The van der Waals surface area contributed by atoms with Crippen molar-refractivity contribution in [1.29, 1.82) is 0 Å². The lowest BCUT2D eigenvalue weighted by atomic mass is 9.73. The van der Waals surface area contributed by atoms with Gasteiger partial charge < -0.3 is 5.32 Å². The lowest BCUT2D eigenvalue weighted by Gasteiger charge is -2.42. The van der Waals surface area contributed by atoms with Gasteiger partial charge in [-0.05, 0) is 25.7 Å². The third-order valence-electron chi connectivity index (χ3n) is 2.82. The van der Waals surface area contributed by atoms with E-state index in [1.807, 2.05) is 6.92 Å². The van der Waals surface area contributed by atoms with E-state index in [2.05, 4.69) is 5.32 Å². The fourth-order valence-corrected chi connectivity index (χ4v) is 2.07. The molecule has 1 N–H and O–H groups in total. The van der Waals surface area contributed by atoms with Crippen LogP contribution in [0.2, 0.25) is 0 Å². The summed E-state index contributed by atoms with van der Waals surface area (Å²) in [5.74, 6) is 0.259. The van der Waals surface area contributed by atoms with Crippen molar-refractivity contribution < 1.29 is 9.59 Å². The molecule has 0 atom stereocenters. The highest BCUT2D eigenvalue weighted by Gasteiger charge is 2.38. The van der Waals surface area contributed by atoms with Gasteiger partial charge in [0.05, 0.1) is 0 Å². The first-order valence-electron chi connectivity index (χ1n) is 5.38. The quantitative estimate of drug-likeness (QED) is 0.730. The molecule has 1 aliphatic carbocycles. The van der Waals surface area contributed by atoms with Gasteiger partial charge in [-0.25, -0.2) is 0 Å². The molecular formula is C11H19NO2. The first-order valence-corrected chi connectivity index (χ1v) is 5.38. The van der Waals surface area contributed by atoms with Gasteiger partial charge in [0.2, 0.25) is 5.91 Å². The van der Waals surface area contributed by atoms with Gasteiger partial charge in [-0.1, -0.05) is 6.92 Å². The van der Waals surface area contributed by atoms with Gasteiger partial charge in [0.1, 0.15) is 5.78 Å². The molecule has 0 aromatic rings. The predicted molar refractivity (Wildman–Crippen MR) is 54.9 cm³/mol. The van der Waals surface area contributed by atoms with Crippen LogP contribution in [-0.2, 0) is 9.59 Å². The van der Waals surface area contributed by atoms with Crippen molar-refractivity contribution in [1.82, 2.24) is 5.32 Å². The number of nitrogens with one attached hydrogen (secondary N) is 1. The summed E-state index contributed by atoms with van der Waals surface area (Å²) < 4.78 is 0. The molecule has 0 spiro atoms. The Balaban J connectivity index is 2.45. The molecule has 0 aromatic heterocycles. The Bertz CT molecular complexity index is 231. The molecule has 1 rings (SSSR count). The van der Waals surface area contributed by atoms with Crippen molar-refractivity contribution in [3.8, 4) is 0 Å². The third kappa shape index (κ3) is 2.82. The Labute approximate surface area is 85.3 Å². The lowest BCUT2D eigenvalue weighted by molar-refractivity contribution is -0.125. The Morgan fingerprint density at radius 1 is 1.36 bits per heavy atom. The normalized spacial score (nSPS) is 18.4. The van der Waals surface area contributed by atoms with Crippen LogP contribution in [0.15, 0.2) is 0 Å². The number of rotatable bonds is 5. The molecule has 14 heavy (non-hydrogen) atoms. The molecule has 80 valence electrons. The zero-order valence-corrected chi connectivity index (χ0v) is 9.06. The highest BCUT2D eigenvalue weighted by atomic mass is 16.1. The molecule has 1 amide bonds. The summed E-state index contributed by atoms with van der Waals surface area (Å²) in [7, 11) is 0. The summed E-state index contributed by atoms with van der Waals surface area (Å²) in [6, 6.07) is 0. The van der Waals surface area contributed by atoms with Crippen LogP contribution in [0.4, 0.5) is 0 Å². The number of Topliss-reactive ketones (excluding diaryl/α,β-unsaturated/α-hetero) is 1. The Morgan fingerprint density at radius 3 is 2.36 bits per heavy atom. The fourth-order valence-electron chi connectivity index (χ4n) is 2.07. The standard InChI is InChI=1S/C11H19NO2/c1-3-5-10(14)8-11(6-4-7-11)12-9(2)13/h3-8H2,1-2H3,(H,12,13). The second-order valence-electron chi connectivity index (χ2n) is 4.28. The summed E-state index contributed by atoms with van der Waals surface area (Å²) in [4.78, 5) is 22.5. The van der Waals surface area contributed by atoms with Gasteiger partial charge in [0.25, 0.3) is 0 Å². The fraction of sp³-hybridized carbons (Fsp3) is 0.818. The molecule has 0 radical (unpaired) electrons. The van der Waals surface area contributed by atoms with Crippen LogP contribution in [0.5, 0.6) is 0 Å². The molecule has 0 saturated heterocycles. The third-order valence-corrected chi connectivity index (χ3v) is 2.82. The van der Waals surface area contributed by atoms with Crippen LogP contribution in [0, 0.1) is 0 Å². The molecule has 0 unspecified atom stereocenters. The smallest absolute Gasteiger partial charge is 0.217 e. The number of hydrogen-bond donors (Lipinski definition) is 1. The van der Waals surface area contributed by atoms with Gasteiger partial charge in [0.15, 0.2) is 0 Å². The van der Waals surface area contributed by atoms with Crippen LogP contribution >= 0.6 is 0 Å². The average Bonchev–Trinajstić information content (AvgIpc) is 1.99. The van der Waals surface area contributed by atoms with E-state index in [0.29, 0.717) is 12.8 Å². The van der Waals surface area contributed by atoms with E-state index in [9.17, 15) is 9.59 Å². The maximum atomic E-state index is 11.5. The van der Waals surface area contributed by atoms with Gasteiger partial charge in [-0.3, -0.25) is 9.59 Å². The minimum Gasteiger partial charge on any atom is -0.350 e. The molecule has 0 aliphatic heterocycles. The van der Waals surface area contributed by atoms with E-state index >= 15 is 0 Å². The SMILES string of the molecule is CCCC(=O)CC1(NC(C)=O)CCC1. The summed E-state index contributed by atoms with van der Waals surface area (Å²) in [6.07, 6.45) is 5.11. The Kier molecular flexibility index (Phi) is 3.67. The van der Waals surface area contributed by atoms with Crippen molar-refractivity contribution in [3.05, 3.63) is 0 Å². The number of carbonyl (C=O) groups is 2. The predicted octanol–water partition coefficient (Wildman–Crippen LogP) is 1.80. The molecule has 0 heterocycles. The van der Waals surface area contributed by atoms with Crippen LogP contribution < -0.4 is 5.32 Å². The van der Waals surface area contributed by atoms with E-state index in [0.717, 1.165) is 25.7 Å². The summed E-state index contributed by atoms with van der Waals surface area (Å²) in [5.41, 5.74) is -0.182. The second-order valence-corrected chi connectivity index (χ2v) is 4.28. The molecule has 1 fully saturated rings. The zero-order valence-electron chi connectivity index (χ0n) is 9.06. The molecule has 1 aliphatic rings. The van der Waals surface area contributed by atoms with Gasteiger partial charge in [0, 0.05) is 25.3 Å². The summed E-state index contributed by atoms with van der Waals surface area (Å²) >= 11 is 0. The van der Waals surface area contributed by atoms with Crippen LogP contribution in [0.3, 0.4) is 0 Å². The summed E-state index contributed by atoms with van der Waals surface area (Å²) in [5, 5.41) is 2.92. The van der Waals surface area contributed by atoms with E-state index in [1.54, 1.807) is 0 Å². The van der Waals surface area contributed by atoms with Crippen molar-refractivity contribution >= 4 is 11.7 Å². The number of amides is 1. The minimum atomic E-state index is -0.182. The maximum Gasteiger partial charge on any atom is 0.217 e. The second kappa shape index (κ2) is 4.58. The highest BCUT2D eigenvalue weighted by molar-refractivity contribution is 5.81. The van der Waals surface area contributed by atoms with Crippen LogP contribution in [-0.4, -0.2) is 17.2 Å². The van der Waals surface area contributed by atoms with Crippen LogP contribution in [0.1, 0.15) is 52.4 Å². The number of carbonyl (C=O) groups excluding carboxylic acids is 2. The number of ketones is 1. The van der Waals surface area contributed by atoms with Crippen molar-refractivity contribution in [2.75, 3.05) is 0 Å². The van der Waals surface area contributed by atoms with Gasteiger partial charge in [-0.15, -0.1) is 0 Å². The molecular weight excluding hydrogens is 178 g/mol. The highest BCUT2D eigenvalue weighted by Crippen LogP contribution is 2.35. The zero-order chi connectivity index (χ0) is 10.6. The number of hydrogen-bond acceptors (Lipinski definition) is 2. The van der Waals surface area contributed by atoms with Gasteiger partial charge in [-0.2, -0.15) is 0 Å². The average molecular weight is 197 g/mol. The summed E-state index contributed by atoms with van der Waals surface area (Å²) in [6.45, 7) is 3.52. The molecule has 3 nitrogen and oxygen atoms in total. The van der Waals surface area contributed by atoms with E-state index in [1.165, 1.54) is 6.92 Å². The van der Waals surface area contributed by atoms with Gasteiger partial charge >= 0.3 is 0 Å². The maximum absolute atomic E-state index is 11.5. The lowest BCUT2D eigenvalue weighted by Crippen LogP contribution is -2.54. The largest absolute Gasteiger partial charge is 0.350 e. The minimum absolute atomic E-state index is 0.0194. The van der Waals surface area contributed by atoms with Crippen LogP contribution in [0.25, 0.3) is 0 Å². The van der Waals surface area contributed by atoms with E-state index in [-0.39, 0.29) is 17.2 Å². The van der Waals surface area contributed by atoms with E-state index < -0.39 is 0 Å². The molecule has 3 heteroatoms. The Hall–Kier alpha value is -0.860. The van der Waals surface area contributed by atoms with E-state index in [4.69, 9.17) is 0 Å².